The summed E-state index contributed by atoms with van der Waals surface area (Å²) in [5, 5.41) is 29.5. The molecule has 1 aliphatic rings. The molecule has 8 heteroatoms. The molecular weight excluding hydrogens is 300 g/mol. The number of amides is 1. The van der Waals surface area contributed by atoms with Crippen molar-refractivity contribution in [2.45, 2.75) is 37.6 Å². The first-order chi connectivity index (χ1) is 9.90. The van der Waals surface area contributed by atoms with E-state index in [9.17, 15) is 20.1 Å². The lowest BCUT2D eigenvalue weighted by atomic mass is 9.99. The number of benzene rings is 1. The van der Waals surface area contributed by atoms with Gasteiger partial charge in [0.15, 0.2) is 6.23 Å². The maximum absolute atomic E-state index is 11.9. The van der Waals surface area contributed by atoms with Crippen LogP contribution in [0.2, 0.25) is 5.02 Å². The SMILES string of the molecule is C[C@@H]1O[C@H](NNC(=O)c2ccc(Cl)cc2)[C@H](O)[C@H](O)[C@@H]1O. The first kappa shape index (κ1) is 16.2. The molecule has 5 atom stereocenters. The normalized spacial score (nSPS) is 32.7. The first-order valence-corrected chi connectivity index (χ1v) is 6.79. The number of carbonyl (C=O) groups excluding carboxylic acids is 1. The van der Waals surface area contributed by atoms with Crippen molar-refractivity contribution < 1.29 is 24.9 Å². The molecule has 5 N–H and O–H groups in total. The molecule has 0 spiro atoms. The first-order valence-electron chi connectivity index (χ1n) is 6.41. The van der Waals surface area contributed by atoms with Crippen LogP contribution in [0.3, 0.4) is 0 Å². The van der Waals surface area contributed by atoms with E-state index in [2.05, 4.69) is 10.9 Å². The Bertz CT molecular complexity index is 498. The summed E-state index contributed by atoms with van der Waals surface area (Å²) in [6.07, 6.45) is -5.64. The predicted octanol–water partition coefficient (Wildman–Crippen LogP) is -0.598. The maximum atomic E-state index is 11.9. The van der Waals surface area contributed by atoms with E-state index in [-0.39, 0.29) is 0 Å². The maximum Gasteiger partial charge on any atom is 0.265 e. The fourth-order valence-electron chi connectivity index (χ4n) is 1.98. The van der Waals surface area contributed by atoms with Gasteiger partial charge < -0.3 is 20.1 Å². The van der Waals surface area contributed by atoms with E-state index < -0.39 is 36.6 Å². The monoisotopic (exact) mass is 316 g/mol. The summed E-state index contributed by atoms with van der Waals surface area (Å²) in [6.45, 7) is 1.55. The summed E-state index contributed by atoms with van der Waals surface area (Å²) in [5.74, 6) is -0.448. The van der Waals surface area contributed by atoms with E-state index in [1.54, 1.807) is 31.2 Å². The van der Waals surface area contributed by atoms with Crippen LogP contribution in [0.1, 0.15) is 17.3 Å². The standard InChI is InChI=1S/C13H17ClN2O5/c1-6-9(17)10(18)11(19)13(21-6)16-15-12(20)7-2-4-8(14)5-3-7/h2-6,9-11,13,16-19H,1H3,(H,15,20)/t6-,9+,10+,11+,13-/m0/s1. The number of nitrogens with one attached hydrogen (secondary N) is 2. The number of rotatable bonds is 3. The highest BCUT2D eigenvalue weighted by Crippen LogP contribution is 2.19. The largest absolute Gasteiger partial charge is 0.388 e. The van der Waals surface area contributed by atoms with Gasteiger partial charge in [0.1, 0.15) is 18.3 Å². The lowest BCUT2D eigenvalue weighted by Crippen LogP contribution is -2.63. The highest BCUT2D eigenvalue weighted by atomic mass is 35.5. The van der Waals surface area contributed by atoms with Crippen molar-refractivity contribution in [2.75, 3.05) is 0 Å². The highest BCUT2D eigenvalue weighted by molar-refractivity contribution is 6.30. The van der Waals surface area contributed by atoms with Gasteiger partial charge in [-0.2, -0.15) is 0 Å². The van der Waals surface area contributed by atoms with E-state index in [0.29, 0.717) is 10.6 Å². The van der Waals surface area contributed by atoms with Crippen molar-refractivity contribution in [3.05, 3.63) is 34.9 Å². The van der Waals surface area contributed by atoms with Gasteiger partial charge >= 0.3 is 0 Å². The van der Waals surface area contributed by atoms with Crippen molar-refractivity contribution in [1.29, 1.82) is 0 Å². The molecule has 1 heterocycles. The molecule has 1 aliphatic heterocycles. The molecule has 1 aromatic carbocycles. The van der Waals surface area contributed by atoms with Crippen LogP contribution in [0, 0.1) is 0 Å². The van der Waals surface area contributed by atoms with Gasteiger partial charge in [-0.1, -0.05) is 11.6 Å². The van der Waals surface area contributed by atoms with Crippen molar-refractivity contribution in [1.82, 2.24) is 10.9 Å². The lowest BCUT2D eigenvalue weighted by Gasteiger charge is -2.39. The molecule has 1 amide bonds. The molecule has 1 fully saturated rings. The molecule has 1 saturated heterocycles. The third-order valence-corrected chi connectivity index (χ3v) is 3.54. The Morgan fingerprint density at radius 3 is 2.38 bits per heavy atom. The average Bonchev–Trinajstić information content (AvgIpc) is 2.48. The third-order valence-electron chi connectivity index (χ3n) is 3.29. The van der Waals surface area contributed by atoms with Crippen LogP contribution in [-0.4, -0.2) is 51.9 Å². The summed E-state index contributed by atoms with van der Waals surface area (Å²) in [7, 11) is 0. The van der Waals surface area contributed by atoms with Crippen LogP contribution in [0.25, 0.3) is 0 Å². The second-order valence-corrected chi connectivity index (χ2v) is 5.28. The molecule has 116 valence electrons. The number of ether oxygens (including phenoxy) is 1. The van der Waals surface area contributed by atoms with Gasteiger partial charge in [0, 0.05) is 10.6 Å². The van der Waals surface area contributed by atoms with Crippen molar-refractivity contribution >= 4 is 17.5 Å². The van der Waals surface area contributed by atoms with Crippen molar-refractivity contribution in [3.63, 3.8) is 0 Å². The number of hydrogen-bond donors (Lipinski definition) is 5. The van der Waals surface area contributed by atoms with Gasteiger partial charge in [-0.25, -0.2) is 5.43 Å². The van der Waals surface area contributed by atoms with Crippen LogP contribution in [0.5, 0.6) is 0 Å². The summed E-state index contributed by atoms with van der Waals surface area (Å²) in [4.78, 5) is 11.9. The van der Waals surface area contributed by atoms with E-state index in [1.807, 2.05) is 0 Å². The fourth-order valence-corrected chi connectivity index (χ4v) is 2.11. The Balaban J connectivity index is 1.93. The molecule has 0 aromatic heterocycles. The molecule has 0 radical (unpaired) electrons. The summed E-state index contributed by atoms with van der Waals surface area (Å²) in [5.41, 5.74) is 5.22. The van der Waals surface area contributed by atoms with Crippen molar-refractivity contribution in [3.8, 4) is 0 Å². The molecule has 2 rings (SSSR count). The minimum absolute atomic E-state index is 0.367. The van der Waals surface area contributed by atoms with Crippen LogP contribution < -0.4 is 10.9 Å². The second-order valence-electron chi connectivity index (χ2n) is 4.84. The number of hydrazine groups is 1. The zero-order chi connectivity index (χ0) is 15.6. The Morgan fingerprint density at radius 1 is 1.14 bits per heavy atom. The van der Waals surface area contributed by atoms with E-state index in [4.69, 9.17) is 16.3 Å². The van der Waals surface area contributed by atoms with Crippen LogP contribution >= 0.6 is 11.6 Å². The minimum atomic E-state index is -1.37. The molecule has 21 heavy (non-hydrogen) atoms. The van der Waals surface area contributed by atoms with Crippen LogP contribution in [-0.2, 0) is 4.74 Å². The molecule has 1 aromatic rings. The Morgan fingerprint density at radius 2 is 1.76 bits per heavy atom. The minimum Gasteiger partial charge on any atom is -0.388 e. The van der Waals surface area contributed by atoms with Crippen molar-refractivity contribution in [2.24, 2.45) is 0 Å². The third kappa shape index (κ3) is 3.70. The number of carbonyl (C=O) groups is 1. The van der Waals surface area contributed by atoms with Gasteiger partial charge in [-0.05, 0) is 31.2 Å². The number of aliphatic hydroxyl groups is 3. The second kappa shape index (κ2) is 6.69. The average molecular weight is 317 g/mol. The Labute approximate surface area is 126 Å². The van der Waals surface area contributed by atoms with E-state index >= 15 is 0 Å². The number of halogens is 1. The fraction of sp³-hybridized carbons (Fsp3) is 0.462. The van der Waals surface area contributed by atoms with E-state index in [1.165, 1.54) is 0 Å². The molecule has 0 saturated carbocycles. The smallest absolute Gasteiger partial charge is 0.265 e. The predicted molar refractivity (Wildman–Crippen MR) is 74.4 cm³/mol. The lowest BCUT2D eigenvalue weighted by molar-refractivity contribution is -0.226. The summed E-state index contributed by atoms with van der Waals surface area (Å²) < 4.78 is 5.28. The van der Waals surface area contributed by atoms with Gasteiger partial charge in [0.25, 0.3) is 5.91 Å². The van der Waals surface area contributed by atoms with Gasteiger partial charge in [0.05, 0.1) is 6.10 Å². The zero-order valence-corrected chi connectivity index (χ0v) is 12.0. The molecule has 7 nitrogen and oxygen atoms in total. The molecular formula is C13H17ClN2O5. The summed E-state index contributed by atoms with van der Waals surface area (Å²) in [6, 6.07) is 6.23. The highest BCUT2D eigenvalue weighted by Gasteiger charge is 2.41. The van der Waals surface area contributed by atoms with E-state index in [0.717, 1.165) is 0 Å². The topological polar surface area (TPSA) is 111 Å². The van der Waals surface area contributed by atoms with Gasteiger partial charge in [0.2, 0.25) is 0 Å². The van der Waals surface area contributed by atoms with Gasteiger partial charge in [-0.3, -0.25) is 10.2 Å². The Kier molecular flexibility index (Phi) is 5.15. The summed E-state index contributed by atoms with van der Waals surface area (Å²) >= 11 is 5.73. The molecule has 0 aliphatic carbocycles. The van der Waals surface area contributed by atoms with Crippen LogP contribution in [0.15, 0.2) is 24.3 Å². The quantitative estimate of drug-likeness (QED) is 0.476. The molecule has 0 unspecified atom stereocenters. The molecule has 0 bridgehead atoms. The number of aliphatic hydroxyl groups excluding tert-OH is 3. The van der Waals surface area contributed by atoms with Gasteiger partial charge in [-0.15, -0.1) is 0 Å². The van der Waals surface area contributed by atoms with Crippen LogP contribution in [0.4, 0.5) is 0 Å². The number of hydrogen-bond acceptors (Lipinski definition) is 6. The zero-order valence-electron chi connectivity index (χ0n) is 11.2. The Hall–Kier alpha value is -1.22.